The van der Waals surface area contributed by atoms with Crippen LogP contribution in [0.25, 0.3) is 11.1 Å². The van der Waals surface area contributed by atoms with Gasteiger partial charge in [0.2, 0.25) is 0 Å². The van der Waals surface area contributed by atoms with Gasteiger partial charge in [-0.2, -0.15) is 8.42 Å². The Morgan fingerprint density at radius 2 is 1.57 bits per heavy atom. The summed E-state index contributed by atoms with van der Waals surface area (Å²) >= 11 is 0. The van der Waals surface area contributed by atoms with Crippen molar-refractivity contribution in [2.24, 2.45) is 0 Å². The molecule has 0 spiro atoms. The third-order valence-corrected chi connectivity index (χ3v) is 5.60. The molecule has 0 aliphatic rings. The van der Waals surface area contributed by atoms with Gasteiger partial charge >= 0.3 is 5.97 Å². The van der Waals surface area contributed by atoms with E-state index in [9.17, 15) is 22.8 Å². The SMILES string of the molecule is Cc1cccc(-c2cccc(S(=O)(=O)N(F)c3cccc(C(=O)O)c3O)c2)c1. The minimum absolute atomic E-state index is 0.339. The number of carboxylic acids is 1. The van der Waals surface area contributed by atoms with Crippen LogP contribution >= 0.6 is 0 Å². The number of anilines is 1. The number of hydrogen-bond donors (Lipinski definition) is 2. The number of nitrogens with zero attached hydrogens (tertiary/aromatic N) is 1. The van der Waals surface area contributed by atoms with E-state index in [1.807, 2.05) is 25.1 Å². The summed E-state index contributed by atoms with van der Waals surface area (Å²) in [5.41, 5.74) is 0.929. The third kappa shape index (κ3) is 3.54. The molecule has 0 aliphatic heterocycles. The Balaban J connectivity index is 2.05. The molecule has 8 heteroatoms. The zero-order valence-corrected chi connectivity index (χ0v) is 15.5. The van der Waals surface area contributed by atoms with Crippen LogP contribution in [0.3, 0.4) is 0 Å². The van der Waals surface area contributed by atoms with Crippen LogP contribution in [-0.4, -0.2) is 24.6 Å². The van der Waals surface area contributed by atoms with Crippen molar-refractivity contribution in [3.63, 3.8) is 0 Å². The lowest BCUT2D eigenvalue weighted by atomic mass is 10.0. The first kappa shape index (κ1) is 19.4. The highest BCUT2D eigenvalue weighted by molar-refractivity contribution is 7.92. The standard InChI is InChI=1S/C20H16FNO5S/c1-13-5-2-6-14(11-13)15-7-3-8-16(12-15)28(26,27)22(21)18-10-4-9-17(19(18)23)20(24)25/h2-12,23H,1H3,(H,24,25). The number of aromatic carboxylic acids is 1. The van der Waals surface area contributed by atoms with Crippen LogP contribution in [0.2, 0.25) is 0 Å². The Morgan fingerprint density at radius 1 is 0.964 bits per heavy atom. The number of hydrogen-bond acceptors (Lipinski definition) is 4. The summed E-state index contributed by atoms with van der Waals surface area (Å²) in [6, 6.07) is 16.2. The molecule has 3 rings (SSSR count). The van der Waals surface area contributed by atoms with E-state index in [2.05, 4.69) is 0 Å². The van der Waals surface area contributed by atoms with Crippen LogP contribution < -0.4 is 4.53 Å². The summed E-state index contributed by atoms with van der Waals surface area (Å²) in [6.07, 6.45) is 0. The van der Waals surface area contributed by atoms with Crippen molar-refractivity contribution in [2.45, 2.75) is 11.8 Å². The molecule has 0 radical (unpaired) electrons. The molecule has 0 unspecified atom stereocenters. The van der Waals surface area contributed by atoms with E-state index in [-0.39, 0.29) is 4.90 Å². The number of aromatic hydroxyl groups is 1. The number of rotatable bonds is 5. The average Bonchev–Trinajstić information content (AvgIpc) is 2.67. The molecule has 2 N–H and O–H groups in total. The molecule has 0 bridgehead atoms. The van der Waals surface area contributed by atoms with E-state index < -0.39 is 37.5 Å². The zero-order valence-electron chi connectivity index (χ0n) is 14.7. The normalized spacial score (nSPS) is 11.2. The number of benzene rings is 3. The number of phenols is 1. The smallest absolute Gasteiger partial charge is 0.339 e. The fraction of sp³-hybridized carbons (Fsp3) is 0.0500. The summed E-state index contributed by atoms with van der Waals surface area (Å²) in [6.45, 7) is 1.89. The summed E-state index contributed by atoms with van der Waals surface area (Å²) in [5, 5.41) is 19.0. The first-order chi connectivity index (χ1) is 13.2. The molecule has 0 saturated heterocycles. The van der Waals surface area contributed by atoms with Gasteiger partial charge in [-0.15, -0.1) is 0 Å². The third-order valence-electron chi connectivity index (χ3n) is 4.13. The van der Waals surface area contributed by atoms with Crippen molar-refractivity contribution < 1.29 is 27.9 Å². The summed E-state index contributed by atoms with van der Waals surface area (Å²) in [4.78, 5) is 10.8. The van der Waals surface area contributed by atoms with Gasteiger partial charge in [-0.1, -0.05) is 57.0 Å². The van der Waals surface area contributed by atoms with Gasteiger partial charge in [0.25, 0.3) is 10.0 Å². The molecular weight excluding hydrogens is 385 g/mol. The lowest BCUT2D eigenvalue weighted by Crippen LogP contribution is -2.23. The number of sulfonamides is 1. The van der Waals surface area contributed by atoms with E-state index in [4.69, 9.17) is 5.11 Å². The van der Waals surface area contributed by atoms with Gasteiger partial charge in [-0.25, -0.2) is 4.79 Å². The molecule has 144 valence electrons. The molecule has 3 aromatic carbocycles. The van der Waals surface area contributed by atoms with Gasteiger partial charge in [0.1, 0.15) is 11.3 Å². The second-order valence-electron chi connectivity index (χ2n) is 6.10. The van der Waals surface area contributed by atoms with Crippen LogP contribution in [0.4, 0.5) is 10.2 Å². The summed E-state index contributed by atoms with van der Waals surface area (Å²) in [7, 11) is -4.68. The van der Waals surface area contributed by atoms with Crippen molar-refractivity contribution in [3.05, 3.63) is 77.9 Å². The van der Waals surface area contributed by atoms with E-state index >= 15 is 0 Å². The van der Waals surface area contributed by atoms with Gasteiger partial charge in [0, 0.05) is 0 Å². The Bertz CT molecular complexity index is 1160. The van der Waals surface area contributed by atoms with E-state index in [0.29, 0.717) is 5.56 Å². The molecule has 0 aliphatic carbocycles. The number of aryl methyl sites for hydroxylation is 1. The van der Waals surface area contributed by atoms with Gasteiger partial charge in [0.05, 0.1) is 4.90 Å². The van der Waals surface area contributed by atoms with E-state index in [1.165, 1.54) is 18.2 Å². The van der Waals surface area contributed by atoms with Crippen LogP contribution in [0.5, 0.6) is 5.75 Å². The monoisotopic (exact) mass is 401 g/mol. The van der Waals surface area contributed by atoms with Crippen molar-refractivity contribution in [2.75, 3.05) is 4.53 Å². The lowest BCUT2D eigenvalue weighted by molar-refractivity contribution is 0.0693. The van der Waals surface area contributed by atoms with Gasteiger partial charge < -0.3 is 10.2 Å². The molecule has 0 saturated carbocycles. The average molecular weight is 401 g/mol. The van der Waals surface area contributed by atoms with Crippen LogP contribution in [-0.2, 0) is 10.0 Å². The largest absolute Gasteiger partial charge is 0.505 e. The Kier molecular flexibility index (Phi) is 5.06. The second kappa shape index (κ2) is 7.32. The maximum Gasteiger partial charge on any atom is 0.339 e. The molecule has 0 heterocycles. The molecule has 0 aromatic heterocycles. The van der Waals surface area contributed by atoms with E-state index in [0.717, 1.165) is 29.3 Å². The maximum absolute atomic E-state index is 14.8. The number of carbonyl (C=O) groups is 1. The Morgan fingerprint density at radius 3 is 2.21 bits per heavy atom. The molecular formula is C20H16FNO5S. The highest BCUT2D eigenvalue weighted by Gasteiger charge is 2.29. The molecule has 0 amide bonds. The van der Waals surface area contributed by atoms with Gasteiger partial charge in [-0.3, -0.25) is 0 Å². The van der Waals surface area contributed by atoms with Crippen LogP contribution in [0.15, 0.2) is 71.6 Å². The zero-order chi connectivity index (χ0) is 20.5. The van der Waals surface area contributed by atoms with Gasteiger partial charge in [0.15, 0.2) is 5.75 Å². The van der Waals surface area contributed by atoms with Crippen LogP contribution in [0, 0.1) is 6.92 Å². The predicted octanol–water partition coefficient (Wildman–Crippen LogP) is 4.15. The maximum atomic E-state index is 14.8. The molecule has 6 nitrogen and oxygen atoms in total. The summed E-state index contributed by atoms with van der Waals surface area (Å²) in [5.74, 6) is -2.48. The Labute approximate surface area is 161 Å². The first-order valence-electron chi connectivity index (χ1n) is 8.15. The topological polar surface area (TPSA) is 94.9 Å². The number of carboxylic acid groups (broad SMARTS) is 1. The van der Waals surface area contributed by atoms with Crippen LogP contribution in [0.1, 0.15) is 15.9 Å². The fourth-order valence-corrected chi connectivity index (χ4v) is 3.85. The number of para-hydroxylation sites is 1. The second-order valence-corrected chi connectivity index (χ2v) is 7.84. The fourth-order valence-electron chi connectivity index (χ4n) is 2.73. The van der Waals surface area contributed by atoms with Crippen molar-refractivity contribution in [1.82, 2.24) is 0 Å². The quantitative estimate of drug-likeness (QED) is 0.627. The van der Waals surface area contributed by atoms with Gasteiger partial charge in [-0.05, 0) is 42.3 Å². The molecule has 3 aromatic rings. The lowest BCUT2D eigenvalue weighted by Gasteiger charge is -2.17. The minimum Gasteiger partial charge on any atom is -0.505 e. The van der Waals surface area contributed by atoms with Crippen molar-refractivity contribution in [3.8, 4) is 16.9 Å². The summed E-state index contributed by atoms with van der Waals surface area (Å²) < 4.78 is 39.6. The highest BCUT2D eigenvalue weighted by Crippen LogP contribution is 2.35. The first-order valence-corrected chi connectivity index (χ1v) is 9.59. The Hall–Kier alpha value is -3.39. The van der Waals surface area contributed by atoms with E-state index in [1.54, 1.807) is 12.1 Å². The van der Waals surface area contributed by atoms with Crippen molar-refractivity contribution >= 4 is 21.7 Å². The molecule has 0 fully saturated rings. The predicted molar refractivity (Wildman–Crippen MR) is 102 cm³/mol. The highest BCUT2D eigenvalue weighted by atomic mass is 32.2. The number of halogens is 1. The molecule has 0 atom stereocenters. The van der Waals surface area contributed by atoms with Crippen molar-refractivity contribution in [1.29, 1.82) is 0 Å². The molecule has 28 heavy (non-hydrogen) atoms. The minimum atomic E-state index is -4.68.